The van der Waals surface area contributed by atoms with Gasteiger partial charge in [0.2, 0.25) is 5.43 Å². The van der Waals surface area contributed by atoms with Crippen molar-refractivity contribution < 1.29 is 9.53 Å². The van der Waals surface area contributed by atoms with Crippen LogP contribution >= 0.6 is 23.4 Å². The fraction of sp³-hybridized carbons (Fsp3) is 0.276. The van der Waals surface area contributed by atoms with Crippen LogP contribution in [0.3, 0.4) is 0 Å². The van der Waals surface area contributed by atoms with E-state index in [9.17, 15) is 9.59 Å². The lowest BCUT2D eigenvalue weighted by Crippen LogP contribution is -2.35. The number of nitrogens with one attached hydrogen (secondary N) is 1. The predicted octanol–water partition coefficient (Wildman–Crippen LogP) is 4.66. The number of nitrogens with zero attached hydrogens (tertiary/aromatic N) is 3. The van der Waals surface area contributed by atoms with Crippen LogP contribution in [0.5, 0.6) is 0 Å². The van der Waals surface area contributed by atoms with Gasteiger partial charge in [-0.3, -0.25) is 19.5 Å². The zero-order valence-electron chi connectivity index (χ0n) is 20.7. The molecule has 4 aromatic rings. The van der Waals surface area contributed by atoms with Gasteiger partial charge in [0.1, 0.15) is 5.56 Å². The number of pyridine rings is 2. The van der Waals surface area contributed by atoms with Gasteiger partial charge < -0.3 is 14.6 Å². The molecule has 1 N–H and O–H groups in total. The second kappa shape index (κ2) is 10.9. The van der Waals surface area contributed by atoms with E-state index in [1.807, 2.05) is 30.5 Å². The van der Waals surface area contributed by atoms with Crippen molar-refractivity contribution >= 4 is 40.2 Å². The number of aromatic nitrogens is 2. The first kappa shape index (κ1) is 25.1. The number of halogens is 1. The largest absolute Gasteiger partial charge is 0.379 e. The highest BCUT2D eigenvalue weighted by Crippen LogP contribution is 2.44. The second-order valence-electron chi connectivity index (χ2n) is 9.60. The van der Waals surface area contributed by atoms with Crippen LogP contribution in [0.2, 0.25) is 5.02 Å². The maximum Gasteiger partial charge on any atom is 0.257 e. The Morgan fingerprint density at radius 2 is 1.95 bits per heavy atom. The van der Waals surface area contributed by atoms with Crippen molar-refractivity contribution in [2.75, 3.05) is 26.3 Å². The van der Waals surface area contributed by atoms with E-state index in [1.165, 1.54) is 0 Å². The van der Waals surface area contributed by atoms with Crippen LogP contribution < -0.4 is 10.7 Å². The summed E-state index contributed by atoms with van der Waals surface area (Å²) >= 11 is 7.74. The molecule has 9 heteroatoms. The number of hydrogen-bond acceptors (Lipinski definition) is 6. The number of thioether (sulfide) groups is 1. The van der Waals surface area contributed by atoms with Gasteiger partial charge in [0.05, 0.1) is 24.0 Å². The van der Waals surface area contributed by atoms with Crippen LogP contribution in [0.15, 0.2) is 76.8 Å². The Morgan fingerprint density at radius 1 is 1.13 bits per heavy atom. The number of rotatable bonds is 6. The summed E-state index contributed by atoms with van der Waals surface area (Å²) in [5.74, 6) is -0.383. The van der Waals surface area contributed by atoms with E-state index in [4.69, 9.17) is 16.3 Å². The summed E-state index contributed by atoms with van der Waals surface area (Å²) in [5, 5.41) is 4.25. The third-order valence-electron chi connectivity index (χ3n) is 7.00. The average Bonchev–Trinajstić information content (AvgIpc) is 2.95. The van der Waals surface area contributed by atoms with Gasteiger partial charge in [-0.25, -0.2) is 0 Å². The van der Waals surface area contributed by atoms with E-state index in [2.05, 4.69) is 31.9 Å². The van der Waals surface area contributed by atoms with Gasteiger partial charge in [-0.15, -0.1) is 11.8 Å². The minimum atomic E-state index is -0.383. The van der Waals surface area contributed by atoms with Gasteiger partial charge in [-0.1, -0.05) is 29.8 Å². The molecule has 0 saturated carbocycles. The van der Waals surface area contributed by atoms with Crippen molar-refractivity contribution in [1.29, 1.82) is 0 Å². The summed E-state index contributed by atoms with van der Waals surface area (Å²) < 4.78 is 7.57. The molecular formula is C29H27ClN4O3S. The Hall–Kier alpha value is -3.17. The number of carbonyl (C=O) groups excluding carboxylic acids is 1. The molecule has 7 nitrogen and oxygen atoms in total. The normalized spacial score (nSPS) is 17.4. The van der Waals surface area contributed by atoms with Crippen molar-refractivity contribution in [3.8, 4) is 0 Å². The van der Waals surface area contributed by atoms with E-state index in [1.54, 1.807) is 36.3 Å². The molecular weight excluding hydrogens is 520 g/mol. The van der Waals surface area contributed by atoms with Crippen molar-refractivity contribution in [3.63, 3.8) is 0 Å². The van der Waals surface area contributed by atoms with Gasteiger partial charge >= 0.3 is 0 Å². The van der Waals surface area contributed by atoms with Gasteiger partial charge in [-0.05, 0) is 47.0 Å². The molecule has 1 atom stereocenters. The average molecular weight is 547 g/mol. The molecule has 4 heterocycles. The first-order valence-electron chi connectivity index (χ1n) is 12.6. The number of benzene rings is 2. The predicted molar refractivity (Wildman–Crippen MR) is 150 cm³/mol. The molecule has 1 saturated heterocycles. The summed E-state index contributed by atoms with van der Waals surface area (Å²) in [6, 6.07) is 15.5. The van der Waals surface area contributed by atoms with Crippen molar-refractivity contribution in [1.82, 2.24) is 19.8 Å². The van der Waals surface area contributed by atoms with Gasteiger partial charge in [-0.2, -0.15) is 0 Å². The molecule has 0 bridgehead atoms. The standard InChI is InChI=1S/C29H27ClN4O3S/c30-22-5-3-19(4-6-22)14-32-29(36)24-17-34-18-26(21-2-1-7-31-15-21)38-25-13-20(12-23(27(25)34)28(24)35)16-33-8-10-37-11-9-33/h1-7,12-13,15,17,26H,8-11,14,16,18H2,(H,32,36). The number of carbonyl (C=O) groups is 1. The fourth-order valence-corrected chi connectivity index (χ4v) is 6.55. The summed E-state index contributed by atoms with van der Waals surface area (Å²) in [6.07, 6.45) is 5.38. The van der Waals surface area contributed by atoms with Crippen LogP contribution in [0.25, 0.3) is 10.9 Å². The third kappa shape index (κ3) is 5.22. The smallest absolute Gasteiger partial charge is 0.257 e. The Balaban J connectivity index is 1.38. The molecule has 2 aliphatic rings. The number of ether oxygens (including phenoxy) is 1. The lowest BCUT2D eigenvalue weighted by Gasteiger charge is -2.29. The Morgan fingerprint density at radius 3 is 2.71 bits per heavy atom. The molecule has 38 heavy (non-hydrogen) atoms. The summed E-state index contributed by atoms with van der Waals surface area (Å²) in [4.78, 5) is 34.7. The minimum absolute atomic E-state index is 0.116. The van der Waals surface area contributed by atoms with Gasteiger partial charge in [0.25, 0.3) is 5.91 Å². The van der Waals surface area contributed by atoms with E-state index < -0.39 is 0 Å². The summed E-state index contributed by atoms with van der Waals surface area (Å²) in [5.41, 5.74) is 3.89. The highest BCUT2D eigenvalue weighted by molar-refractivity contribution is 7.99. The fourth-order valence-electron chi connectivity index (χ4n) is 5.05. The van der Waals surface area contributed by atoms with Crippen LogP contribution in [0, 0.1) is 0 Å². The maximum absolute atomic E-state index is 13.7. The van der Waals surface area contributed by atoms with Crippen LogP contribution in [0.4, 0.5) is 0 Å². The van der Waals surface area contributed by atoms with Crippen molar-refractivity contribution in [2.45, 2.75) is 29.8 Å². The second-order valence-corrected chi connectivity index (χ2v) is 11.3. The van der Waals surface area contributed by atoms with Crippen molar-refractivity contribution in [3.05, 3.63) is 105 Å². The molecule has 2 aliphatic heterocycles. The number of amides is 1. The Kier molecular flexibility index (Phi) is 7.21. The molecule has 194 valence electrons. The van der Waals surface area contributed by atoms with E-state index in [0.717, 1.165) is 46.7 Å². The zero-order valence-corrected chi connectivity index (χ0v) is 22.3. The maximum atomic E-state index is 13.7. The lowest BCUT2D eigenvalue weighted by molar-refractivity contribution is 0.0342. The quantitative estimate of drug-likeness (QED) is 0.379. The van der Waals surface area contributed by atoms with E-state index in [0.29, 0.717) is 36.7 Å². The molecule has 0 spiro atoms. The van der Waals surface area contributed by atoms with Crippen LogP contribution in [-0.4, -0.2) is 46.7 Å². The first-order valence-corrected chi connectivity index (χ1v) is 13.9. The molecule has 1 amide bonds. The van der Waals surface area contributed by atoms with Gasteiger partial charge in [0.15, 0.2) is 0 Å². The molecule has 1 unspecified atom stereocenters. The highest BCUT2D eigenvalue weighted by atomic mass is 35.5. The molecule has 0 radical (unpaired) electrons. The molecule has 6 rings (SSSR count). The van der Waals surface area contributed by atoms with Gasteiger partial charge in [0, 0.05) is 66.6 Å². The minimum Gasteiger partial charge on any atom is -0.379 e. The van der Waals surface area contributed by atoms with E-state index in [-0.39, 0.29) is 22.1 Å². The molecule has 2 aromatic carbocycles. The zero-order chi connectivity index (χ0) is 26.1. The number of hydrogen-bond donors (Lipinski definition) is 1. The topological polar surface area (TPSA) is 76.5 Å². The van der Waals surface area contributed by atoms with Crippen LogP contribution in [0.1, 0.15) is 32.3 Å². The lowest BCUT2D eigenvalue weighted by atomic mass is 10.1. The third-order valence-corrected chi connectivity index (χ3v) is 8.53. The van der Waals surface area contributed by atoms with Crippen LogP contribution in [-0.2, 0) is 24.4 Å². The Bertz CT molecular complexity index is 1540. The Labute approximate surface area is 229 Å². The monoisotopic (exact) mass is 546 g/mol. The molecule has 0 aliphatic carbocycles. The highest BCUT2D eigenvalue weighted by Gasteiger charge is 2.27. The SMILES string of the molecule is O=C(NCc1ccc(Cl)cc1)c1cn2c3c(cc(CN4CCOCC4)cc3c1=O)SC(c1cccnc1)C2. The van der Waals surface area contributed by atoms with E-state index >= 15 is 0 Å². The first-order chi connectivity index (χ1) is 18.5. The summed E-state index contributed by atoms with van der Waals surface area (Å²) in [6.45, 7) is 4.82. The summed E-state index contributed by atoms with van der Waals surface area (Å²) in [7, 11) is 0. The number of morpholine rings is 1. The van der Waals surface area contributed by atoms with Crippen molar-refractivity contribution in [2.24, 2.45) is 0 Å². The molecule has 1 fully saturated rings. The molecule has 2 aromatic heterocycles.